The highest BCUT2D eigenvalue weighted by Crippen LogP contribution is 2.30. The van der Waals surface area contributed by atoms with Crippen LogP contribution in [0.25, 0.3) is 0 Å². The third-order valence-electron chi connectivity index (χ3n) is 3.58. The standard InChI is InChI=1S/C18H19F3N6O.C2HF3O2/c1-17(2,3)11-27(15-7-8-23-14(10-22)25-15)26-16(28)24-13-6-4-5-12(9-13)18(19,20)21;3-2(4,5)1(6)7/h4-9H,11H2,1-3H3,(H2,24,26,28);(H,6,7). The normalized spacial score (nSPS) is 11.4. The lowest BCUT2D eigenvalue weighted by atomic mass is 9.97. The molecule has 1 heterocycles. The van der Waals surface area contributed by atoms with Gasteiger partial charge in [0.2, 0.25) is 5.82 Å². The molecule has 0 unspecified atom stereocenters. The quantitative estimate of drug-likeness (QED) is 0.408. The van der Waals surface area contributed by atoms with E-state index in [2.05, 4.69) is 20.7 Å². The Kier molecular flexibility index (Phi) is 9.39. The van der Waals surface area contributed by atoms with E-state index in [4.69, 9.17) is 15.2 Å². The van der Waals surface area contributed by atoms with Crippen LogP contribution in [0.1, 0.15) is 32.2 Å². The van der Waals surface area contributed by atoms with Crippen molar-refractivity contribution in [1.82, 2.24) is 15.4 Å². The topological polar surface area (TPSA) is 131 Å². The molecule has 0 saturated carbocycles. The molecule has 190 valence electrons. The molecule has 2 aromatic rings. The van der Waals surface area contributed by atoms with Crippen LogP contribution in [0.5, 0.6) is 0 Å². The zero-order valence-corrected chi connectivity index (χ0v) is 18.5. The van der Waals surface area contributed by atoms with Gasteiger partial charge in [-0.15, -0.1) is 0 Å². The minimum Gasteiger partial charge on any atom is -0.475 e. The molecule has 9 nitrogen and oxygen atoms in total. The van der Waals surface area contributed by atoms with Crippen molar-refractivity contribution in [3.8, 4) is 6.07 Å². The predicted molar refractivity (Wildman–Crippen MR) is 111 cm³/mol. The van der Waals surface area contributed by atoms with E-state index in [0.717, 1.165) is 12.1 Å². The third-order valence-corrected chi connectivity index (χ3v) is 3.58. The Morgan fingerprint density at radius 1 is 1.11 bits per heavy atom. The second kappa shape index (κ2) is 11.4. The van der Waals surface area contributed by atoms with Gasteiger partial charge >= 0.3 is 24.4 Å². The molecule has 0 bridgehead atoms. The van der Waals surface area contributed by atoms with E-state index in [1.165, 1.54) is 29.4 Å². The SMILES string of the molecule is CC(C)(C)CN(NC(=O)Nc1cccc(C(F)(F)F)c1)c1ccnc(C#N)n1.O=C(O)C(F)(F)F. The Morgan fingerprint density at radius 2 is 1.71 bits per heavy atom. The molecular formula is C20H20F6N6O3. The predicted octanol–water partition coefficient (Wildman–Crippen LogP) is 4.59. The van der Waals surface area contributed by atoms with Gasteiger partial charge in [0.05, 0.1) is 5.56 Å². The number of nitriles is 1. The Bertz CT molecular complexity index is 1080. The summed E-state index contributed by atoms with van der Waals surface area (Å²) in [5.41, 5.74) is 1.41. The number of aromatic nitrogens is 2. The van der Waals surface area contributed by atoms with Crippen molar-refractivity contribution in [2.75, 3.05) is 16.9 Å². The lowest BCUT2D eigenvalue weighted by molar-refractivity contribution is -0.192. The van der Waals surface area contributed by atoms with Gasteiger partial charge in [0.25, 0.3) is 0 Å². The van der Waals surface area contributed by atoms with Gasteiger partial charge in [-0.05, 0) is 23.6 Å². The number of carbonyl (C=O) groups is 2. The number of amides is 2. The fraction of sp³-hybridized carbons (Fsp3) is 0.350. The number of anilines is 2. The number of hydrogen-bond donors (Lipinski definition) is 3. The summed E-state index contributed by atoms with van der Waals surface area (Å²) in [5.74, 6) is -2.55. The number of hydrogen-bond acceptors (Lipinski definition) is 6. The number of rotatable bonds is 4. The number of nitrogens with zero attached hydrogens (tertiary/aromatic N) is 4. The minimum absolute atomic E-state index is 0.0107. The molecule has 35 heavy (non-hydrogen) atoms. The molecule has 1 aromatic heterocycles. The largest absolute Gasteiger partial charge is 0.490 e. The average molecular weight is 506 g/mol. The summed E-state index contributed by atoms with van der Waals surface area (Å²) < 4.78 is 70.2. The Hall–Kier alpha value is -4.09. The number of carbonyl (C=O) groups excluding carboxylic acids is 1. The second-order valence-corrected chi connectivity index (χ2v) is 7.94. The monoisotopic (exact) mass is 506 g/mol. The lowest BCUT2D eigenvalue weighted by Gasteiger charge is -2.30. The van der Waals surface area contributed by atoms with Crippen molar-refractivity contribution in [1.29, 1.82) is 5.26 Å². The van der Waals surface area contributed by atoms with Crippen molar-refractivity contribution in [3.05, 3.63) is 47.9 Å². The highest BCUT2D eigenvalue weighted by atomic mass is 19.4. The summed E-state index contributed by atoms with van der Waals surface area (Å²) in [5, 5.41) is 19.9. The molecule has 0 fully saturated rings. The summed E-state index contributed by atoms with van der Waals surface area (Å²) >= 11 is 0. The molecule has 15 heteroatoms. The van der Waals surface area contributed by atoms with Crippen LogP contribution in [0.2, 0.25) is 0 Å². The van der Waals surface area contributed by atoms with Gasteiger partial charge in [-0.1, -0.05) is 26.8 Å². The highest BCUT2D eigenvalue weighted by Gasteiger charge is 2.38. The fourth-order valence-electron chi connectivity index (χ4n) is 2.26. The Balaban J connectivity index is 0.000000762. The Morgan fingerprint density at radius 3 is 2.20 bits per heavy atom. The molecule has 1 aromatic carbocycles. The Labute approximate surface area is 195 Å². The molecular weight excluding hydrogens is 486 g/mol. The van der Waals surface area contributed by atoms with Gasteiger partial charge in [0.1, 0.15) is 6.07 Å². The van der Waals surface area contributed by atoms with Crippen LogP contribution < -0.4 is 15.8 Å². The molecule has 0 radical (unpaired) electrons. The molecule has 0 atom stereocenters. The molecule has 0 aliphatic carbocycles. The smallest absolute Gasteiger partial charge is 0.475 e. The molecule has 3 N–H and O–H groups in total. The summed E-state index contributed by atoms with van der Waals surface area (Å²) in [6.07, 6.45) is -8.22. The van der Waals surface area contributed by atoms with Crippen LogP contribution >= 0.6 is 0 Å². The van der Waals surface area contributed by atoms with Crippen LogP contribution in [0.15, 0.2) is 36.5 Å². The number of carboxylic acids is 1. The zero-order valence-electron chi connectivity index (χ0n) is 18.5. The summed E-state index contributed by atoms with van der Waals surface area (Å²) in [4.78, 5) is 29.1. The number of hydrazine groups is 1. The summed E-state index contributed by atoms with van der Waals surface area (Å²) in [6, 6.07) is 6.88. The fourth-order valence-corrected chi connectivity index (χ4v) is 2.26. The number of nitrogens with one attached hydrogen (secondary N) is 2. The highest BCUT2D eigenvalue weighted by molar-refractivity contribution is 5.90. The van der Waals surface area contributed by atoms with E-state index in [-0.39, 0.29) is 22.7 Å². The number of urea groups is 1. The van der Waals surface area contributed by atoms with Crippen molar-refractivity contribution in [2.24, 2.45) is 5.41 Å². The van der Waals surface area contributed by atoms with E-state index in [0.29, 0.717) is 6.54 Å². The lowest BCUT2D eigenvalue weighted by Crippen LogP contribution is -2.48. The van der Waals surface area contributed by atoms with Crippen LogP contribution in [-0.2, 0) is 11.0 Å². The molecule has 0 saturated heterocycles. The maximum Gasteiger partial charge on any atom is 0.490 e. The summed E-state index contributed by atoms with van der Waals surface area (Å²) in [7, 11) is 0. The maximum atomic E-state index is 12.8. The molecule has 0 spiro atoms. The molecule has 0 aliphatic heterocycles. The first kappa shape index (κ1) is 28.9. The van der Waals surface area contributed by atoms with Gasteiger partial charge < -0.3 is 10.4 Å². The van der Waals surface area contributed by atoms with Crippen molar-refractivity contribution in [3.63, 3.8) is 0 Å². The number of alkyl halides is 6. The first-order valence-corrected chi connectivity index (χ1v) is 9.48. The van der Waals surface area contributed by atoms with E-state index in [1.54, 1.807) is 0 Å². The minimum atomic E-state index is -5.08. The zero-order chi connectivity index (χ0) is 27.0. The van der Waals surface area contributed by atoms with Gasteiger partial charge in [0.15, 0.2) is 5.82 Å². The van der Waals surface area contributed by atoms with E-state index >= 15 is 0 Å². The number of carboxylic acid groups (broad SMARTS) is 1. The number of benzene rings is 1. The van der Waals surface area contributed by atoms with E-state index in [1.807, 2.05) is 26.8 Å². The average Bonchev–Trinajstić information content (AvgIpc) is 2.71. The van der Waals surface area contributed by atoms with Crippen molar-refractivity contribution in [2.45, 2.75) is 33.1 Å². The van der Waals surface area contributed by atoms with E-state index in [9.17, 15) is 31.1 Å². The molecule has 2 rings (SSSR count). The van der Waals surface area contributed by atoms with Gasteiger partial charge in [-0.25, -0.2) is 20.0 Å². The van der Waals surface area contributed by atoms with Crippen LogP contribution in [-0.4, -0.2) is 39.8 Å². The molecule has 0 aliphatic rings. The van der Waals surface area contributed by atoms with Crippen LogP contribution in [0.4, 0.5) is 42.6 Å². The van der Waals surface area contributed by atoms with Crippen molar-refractivity contribution < 1.29 is 41.0 Å². The number of halogens is 6. The first-order valence-electron chi connectivity index (χ1n) is 9.48. The van der Waals surface area contributed by atoms with Crippen LogP contribution in [0, 0.1) is 16.7 Å². The maximum absolute atomic E-state index is 12.8. The van der Waals surface area contributed by atoms with Crippen LogP contribution in [0.3, 0.4) is 0 Å². The van der Waals surface area contributed by atoms with E-state index < -0.39 is 29.9 Å². The third kappa shape index (κ3) is 10.6. The first-order chi connectivity index (χ1) is 15.9. The number of aliphatic carboxylic acids is 1. The van der Waals surface area contributed by atoms with Gasteiger partial charge in [-0.3, -0.25) is 5.01 Å². The van der Waals surface area contributed by atoms with Gasteiger partial charge in [-0.2, -0.15) is 36.6 Å². The summed E-state index contributed by atoms with van der Waals surface area (Å²) in [6.45, 7) is 6.11. The second-order valence-electron chi connectivity index (χ2n) is 7.94. The van der Waals surface area contributed by atoms with Crippen molar-refractivity contribution >= 4 is 23.5 Å². The van der Waals surface area contributed by atoms with Gasteiger partial charge in [0, 0.05) is 24.5 Å². The molecule has 2 amide bonds.